The Balaban J connectivity index is 2.40. The quantitative estimate of drug-likeness (QED) is 0.593. The Morgan fingerprint density at radius 3 is 3.00 bits per heavy atom. The molecule has 0 aromatic carbocycles. The van der Waals surface area contributed by atoms with Crippen LogP contribution in [-0.2, 0) is 16.1 Å². The first kappa shape index (κ1) is 13.5. The monoisotopic (exact) mass is 259 g/mol. The van der Waals surface area contributed by atoms with Crippen LogP contribution in [-0.4, -0.2) is 40.7 Å². The molecule has 0 unspecified atom stereocenters. The van der Waals surface area contributed by atoms with Gasteiger partial charge in [0.1, 0.15) is 5.88 Å². The lowest BCUT2D eigenvalue weighted by Crippen LogP contribution is -2.28. The number of halogens is 1. The van der Waals surface area contributed by atoms with E-state index in [4.69, 9.17) is 16.3 Å². The van der Waals surface area contributed by atoms with Gasteiger partial charge in [-0.2, -0.15) is 5.10 Å². The first-order chi connectivity index (χ1) is 8.17. The third-order valence-corrected chi connectivity index (χ3v) is 2.15. The molecule has 0 bridgehead atoms. The number of carbonyl (C=O) groups is 2. The van der Waals surface area contributed by atoms with Crippen molar-refractivity contribution in [3.63, 3.8) is 0 Å². The maximum Gasteiger partial charge on any atom is 0.358 e. The molecule has 0 spiro atoms. The lowest BCUT2D eigenvalue weighted by Gasteiger charge is -2.03. The standard InChI is InChI=1S/C10H14ClN3O3/c1-2-17-10(16)8-3-5-14(13-8)6-4-12-9(15)7-11/h3,5H,2,4,6-7H2,1H3,(H,12,15). The summed E-state index contributed by atoms with van der Waals surface area (Å²) < 4.78 is 6.36. The summed E-state index contributed by atoms with van der Waals surface area (Å²) in [5.74, 6) is -0.742. The van der Waals surface area contributed by atoms with E-state index in [1.807, 2.05) is 0 Å². The van der Waals surface area contributed by atoms with E-state index in [0.29, 0.717) is 19.7 Å². The molecule has 0 aliphatic carbocycles. The smallest absolute Gasteiger partial charge is 0.358 e. The van der Waals surface area contributed by atoms with Crippen LogP contribution in [0, 0.1) is 0 Å². The normalized spacial score (nSPS) is 10.0. The Morgan fingerprint density at radius 2 is 2.35 bits per heavy atom. The molecular weight excluding hydrogens is 246 g/mol. The van der Waals surface area contributed by atoms with Gasteiger partial charge in [-0.15, -0.1) is 11.6 Å². The molecule has 1 rings (SSSR count). The van der Waals surface area contributed by atoms with Crippen LogP contribution < -0.4 is 5.32 Å². The molecule has 1 amide bonds. The van der Waals surface area contributed by atoms with Gasteiger partial charge in [-0.25, -0.2) is 4.79 Å². The van der Waals surface area contributed by atoms with E-state index < -0.39 is 5.97 Å². The largest absolute Gasteiger partial charge is 0.461 e. The minimum Gasteiger partial charge on any atom is -0.461 e. The number of aromatic nitrogens is 2. The van der Waals surface area contributed by atoms with Crippen molar-refractivity contribution in [1.29, 1.82) is 0 Å². The number of nitrogens with one attached hydrogen (secondary N) is 1. The Labute approximate surface area is 104 Å². The van der Waals surface area contributed by atoms with Crippen molar-refractivity contribution in [2.45, 2.75) is 13.5 Å². The van der Waals surface area contributed by atoms with E-state index in [9.17, 15) is 9.59 Å². The summed E-state index contributed by atoms with van der Waals surface area (Å²) in [4.78, 5) is 22.2. The predicted octanol–water partition coefficient (Wildman–Crippen LogP) is 0.415. The van der Waals surface area contributed by atoms with Crippen molar-refractivity contribution in [2.75, 3.05) is 19.0 Å². The van der Waals surface area contributed by atoms with Crippen LogP contribution in [0.4, 0.5) is 0 Å². The van der Waals surface area contributed by atoms with E-state index in [1.165, 1.54) is 0 Å². The number of amides is 1. The second-order valence-corrected chi connectivity index (χ2v) is 3.44. The third kappa shape index (κ3) is 4.44. The fourth-order valence-corrected chi connectivity index (χ4v) is 1.25. The number of carbonyl (C=O) groups excluding carboxylic acids is 2. The van der Waals surface area contributed by atoms with Crippen LogP contribution in [0.2, 0.25) is 0 Å². The number of hydrogen-bond donors (Lipinski definition) is 1. The molecule has 6 nitrogen and oxygen atoms in total. The Kier molecular flexibility index (Phi) is 5.48. The highest BCUT2D eigenvalue weighted by Gasteiger charge is 2.09. The molecule has 0 saturated heterocycles. The van der Waals surface area contributed by atoms with E-state index in [2.05, 4.69) is 10.4 Å². The van der Waals surface area contributed by atoms with Crippen LogP contribution in [0.3, 0.4) is 0 Å². The number of rotatable bonds is 6. The number of nitrogens with zero attached hydrogens (tertiary/aromatic N) is 2. The lowest BCUT2D eigenvalue weighted by molar-refractivity contribution is -0.118. The van der Waals surface area contributed by atoms with Crippen molar-refractivity contribution in [2.24, 2.45) is 0 Å². The molecule has 17 heavy (non-hydrogen) atoms. The van der Waals surface area contributed by atoms with Crippen molar-refractivity contribution in [3.8, 4) is 0 Å². The van der Waals surface area contributed by atoms with E-state index in [-0.39, 0.29) is 17.5 Å². The Morgan fingerprint density at radius 1 is 1.59 bits per heavy atom. The summed E-state index contributed by atoms with van der Waals surface area (Å²) in [5, 5.41) is 6.61. The molecule has 1 aromatic heterocycles. The van der Waals surface area contributed by atoms with Gasteiger partial charge < -0.3 is 10.1 Å². The number of ether oxygens (including phenoxy) is 1. The molecular formula is C10H14ClN3O3. The van der Waals surface area contributed by atoms with Gasteiger partial charge in [0.2, 0.25) is 5.91 Å². The summed E-state index contributed by atoms with van der Waals surface area (Å²) in [6.07, 6.45) is 1.65. The SMILES string of the molecule is CCOC(=O)c1ccn(CCNC(=O)CCl)n1. The molecule has 0 radical (unpaired) electrons. The van der Waals surface area contributed by atoms with E-state index >= 15 is 0 Å². The van der Waals surface area contributed by atoms with Crippen LogP contribution >= 0.6 is 11.6 Å². The van der Waals surface area contributed by atoms with Gasteiger partial charge in [0.25, 0.3) is 0 Å². The highest BCUT2D eigenvalue weighted by atomic mass is 35.5. The van der Waals surface area contributed by atoms with Crippen molar-refractivity contribution in [1.82, 2.24) is 15.1 Å². The minimum atomic E-state index is -0.448. The molecule has 0 fully saturated rings. The number of esters is 1. The maximum atomic E-state index is 11.3. The predicted molar refractivity (Wildman–Crippen MR) is 61.9 cm³/mol. The average Bonchev–Trinajstić information content (AvgIpc) is 2.78. The van der Waals surface area contributed by atoms with Crippen LogP contribution in [0.25, 0.3) is 0 Å². The Bertz CT molecular complexity index is 392. The highest BCUT2D eigenvalue weighted by Crippen LogP contribution is 1.98. The molecule has 1 aromatic rings. The molecule has 1 heterocycles. The fraction of sp³-hybridized carbons (Fsp3) is 0.500. The molecule has 0 atom stereocenters. The highest BCUT2D eigenvalue weighted by molar-refractivity contribution is 6.27. The first-order valence-corrected chi connectivity index (χ1v) is 5.74. The molecule has 1 N–H and O–H groups in total. The van der Waals surface area contributed by atoms with Gasteiger partial charge >= 0.3 is 5.97 Å². The van der Waals surface area contributed by atoms with Crippen LogP contribution in [0.1, 0.15) is 17.4 Å². The van der Waals surface area contributed by atoms with Crippen molar-refractivity contribution < 1.29 is 14.3 Å². The van der Waals surface area contributed by atoms with Gasteiger partial charge in [-0.3, -0.25) is 9.48 Å². The van der Waals surface area contributed by atoms with Gasteiger partial charge in [0.15, 0.2) is 5.69 Å². The molecule has 0 aliphatic heterocycles. The van der Waals surface area contributed by atoms with Gasteiger partial charge in [0.05, 0.1) is 13.2 Å². The number of hydrogen-bond acceptors (Lipinski definition) is 4. The molecule has 0 saturated carbocycles. The molecule has 94 valence electrons. The van der Waals surface area contributed by atoms with E-state index in [1.54, 1.807) is 23.9 Å². The first-order valence-electron chi connectivity index (χ1n) is 5.20. The maximum absolute atomic E-state index is 11.3. The summed E-state index contributed by atoms with van der Waals surface area (Å²) in [7, 11) is 0. The lowest BCUT2D eigenvalue weighted by atomic mass is 10.4. The van der Waals surface area contributed by atoms with Gasteiger partial charge in [0, 0.05) is 12.7 Å². The summed E-state index contributed by atoms with van der Waals surface area (Å²) in [6.45, 7) is 2.94. The zero-order chi connectivity index (χ0) is 12.7. The molecule has 0 aliphatic rings. The van der Waals surface area contributed by atoms with Crippen LogP contribution in [0.15, 0.2) is 12.3 Å². The fourth-order valence-electron chi connectivity index (χ4n) is 1.16. The second-order valence-electron chi connectivity index (χ2n) is 3.17. The topological polar surface area (TPSA) is 73.2 Å². The number of alkyl halides is 1. The van der Waals surface area contributed by atoms with Gasteiger partial charge in [-0.05, 0) is 13.0 Å². The van der Waals surface area contributed by atoms with Gasteiger partial charge in [-0.1, -0.05) is 0 Å². The Hall–Kier alpha value is -1.56. The summed E-state index contributed by atoms with van der Waals surface area (Å²) in [5.41, 5.74) is 0.260. The second kappa shape index (κ2) is 6.90. The summed E-state index contributed by atoms with van der Waals surface area (Å²) >= 11 is 5.32. The zero-order valence-electron chi connectivity index (χ0n) is 9.48. The third-order valence-electron chi connectivity index (χ3n) is 1.91. The zero-order valence-corrected chi connectivity index (χ0v) is 10.2. The van der Waals surface area contributed by atoms with Crippen LogP contribution in [0.5, 0.6) is 0 Å². The average molecular weight is 260 g/mol. The molecule has 7 heteroatoms. The van der Waals surface area contributed by atoms with Crippen molar-refractivity contribution in [3.05, 3.63) is 18.0 Å². The van der Waals surface area contributed by atoms with Crippen molar-refractivity contribution >= 4 is 23.5 Å². The summed E-state index contributed by atoms with van der Waals surface area (Å²) in [6, 6.07) is 1.57. The van der Waals surface area contributed by atoms with E-state index in [0.717, 1.165) is 0 Å². The minimum absolute atomic E-state index is 0.0623.